The van der Waals surface area contributed by atoms with Crippen molar-refractivity contribution in [3.8, 4) is 0 Å². The van der Waals surface area contributed by atoms with Gasteiger partial charge in [-0.1, -0.05) is 31.5 Å². The van der Waals surface area contributed by atoms with E-state index in [1.54, 1.807) is 12.1 Å². The molecule has 0 heterocycles. The molecule has 0 aliphatic rings. The minimum absolute atomic E-state index is 0.435. The van der Waals surface area contributed by atoms with Gasteiger partial charge in [0.25, 0.3) is 0 Å². The third-order valence-electron chi connectivity index (χ3n) is 3.44. The first-order chi connectivity index (χ1) is 11.5. The zero-order valence-electron chi connectivity index (χ0n) is 13.2. The average Bonchev–Trinajstić information content (AvgIpc) is 2.57. The van der Waals surface area contributed by atoms with Crippen LogP contribution in [0.15, 0.2) is 42.5 Å². The largest absolute Gasteiger partial charge is 0.318 e. The standard InChI is InChI=1S/C18H18F2N2O2/c1-2-3-5-12-8-10-13(11-9-12)21-17(23)18(24)22-16-14(19)6-4-7-15(16)20/h4,6-11H,2-3,5H2,1H3,(H,21,23)(H,22,24). The van der Waals surface area contributed by atoms with Crippen molar-refractivity contribution in [3.63, 3.8) is 0 Å². The lowest BCUT2D eigenvalue weighted by Gasteiger charge is -2.08. The maximum absolute atomic E-state index is 13.5. The topological polar surface area (TPSA) is 58.2 Å². The van der Waals surface area contributed by atoms with Crippen LogP contribution in [0.5, 0.6) is 0 Å². The van der Waals surface area contributed by atoms with Crippen LogP contribution in [0, 0.1) is 11.6 Å². The van der Waals surface area contributed by atoms with Gasteiger partial charge < -0.3 is 10.6 Å². The minimum Gasteiger partial charge on any atom is -0.318 e. The van der Waals surface area contributed by atoms with E-state index >= 15 is 0 Å². The zero-order valence-corrected chi connectivity index (χ0v) is 13.2. The van der Waals surface area contributed by atoms with Crippen molar-refractivity contribution in [1.29, 1.82) is 0 Å². The van der Waals surface area contributed by atoms with E-state index in [0.29, 0.717) is 5.69 Å². The van der Waals surface area contributed by atoms with Gasteiger partial charge in [-0.05, 0) is 42.7 Å². The van der Waals surface area contributed by atoms with Crippen LogP contribution in [0.1, 0.15) is 25.3 Å². The van der Waals surface area contributed by atoms with Crippen LogP contribution in [0.3, 0.4) is 0 Å². The van der Waals surface area contributed by atoms with Crippen molar-refractivity contribution in [2.75, 3.05) is 10.6 Å². The highest BCUT2D eigenvalue weighted by Gasteiger charge is 2.18. The highest BCUT2D eigenvalue weighted by atomic mass is 19.1. The summed E-state index contributed by atoms with van der Waals surface area (Å²) >= 11 is 0. The summed E-state index contributed by atoms with van der Waals surface area (Å²) in [7, 11) is 0. The fraction of sp³-hybridized carbons (Fsp3) is 0.222. The SMILES string of the molecule is CCCCc1ccc(NC(=O)C(=O)Nc2c(F)cccc2F)cc1. The van der Waals surface area contributed by atoms with E-state index in [9.17, 15) is 18.4 Å². The van der Waals surface area contributed by atoms with Gasteiger partial charge in [-0.25, -0.2) is 8.78 Å². The van der Waals surface area contributed by atoms with E-state index in [4.69, 9.17) is 0 Å². The predicted molar refractivity (Wildman–Crippen MR) is 88.7 cm³/mol. The molecular formula is C18H18F2N2O2. The van der Waals surface area contributed by atoms with Crippen molar-refractivity contribution in [3.05, 3.63) is 59.7 Å². The van der Waals surface area contributed by atoms with E-state index in [1.165, 1.54) is 6.07 Å². The molecule has 0 fully saturated rings. The normalized spacial score (nSPS) is 10.3. The Bertz CT molecular complexity index is 710. The van der Waals surface area contributed by atoms with Crippen molar-refractivity contribution in [2.24, 2.45) is 0 Å². The van der Waals surface area contributed by atoms with Crippen LogP contribution in [0.4, 0.5) is 20.2 Å². The Hall–Kier alpha value is -2.76. The van der Waals surface area contributed by atoms with Gasteiger partial charge >= 0.3 is 11.8 Å². The molecule has 0 aliphatic heterocycles. The number of nitrogens with one attached hydrogen (secondary N) is 2. The van der Waals surface area contributed by atoms with E-state index in [-0.39, 0.29) is 0 Å². The molecule has 2 N–H and O–H groups in total. The molecule has 126 valence electrons. The van der Waals surface area contributed by atoms with Crippen LogP contribution in [-0.2, 0) is 16.0 Å². The molecular weight excluding hydrogens is 314 g/mol. The Morgan fingerprint density at radius 2 is 1.50 bits per heavy atom. The second-order valence-electron chi connectivity index (χ2n) is 5.31. The first-order valence-electron chi connectivity index (χ1n) is 7.66. The molecule has 0 aliphatic carbocycles. The smallest absolute Gasteiger partial charge is 0.314 e. The first-order valence-corrected chi connectivity index (χ1v) is 7.66. The molecule has 4 nitrogen and oxygen atoms in total. The summed E-state index contributed by atoms with van der Waals surface area (Å²) in [6.07, 6.45) is 3.10. The number of hydrogen-bond donors (Lipinski definition) is 2. The number of hydrogen-bond acceptors (Lipinski definition) is 2. The van der Waals surface area contributed by atoms with E-state index in [2.05, 4.69) is 12.2 Å². The monoisotopic (exact) mass is 332 g/mol. The molecule has 0 bridgehead atoms. The second kappa shape index (κ2) is 8.19. The van der Waals surface area contributed by atoms with Crippen LogP contribution in [-0.4, -0.2) is 11.8 Å². The summed E-state index contributed by atoms with van der Waals surface area (Å²) in [6.45, 7) is 2.10. The summed E-state index contributed by atoms with van der Waals surface area (Å²) in [4.78, 5) is 23.6. The lowest BCUT2D eigenvalue weighted by Crippen LogP contribution is -2.29. The van der Waals surface area contributed by atoms with Gasteiger partial charge in [0.05, 0.1) is 0 Å². The van der Waals surface area contributed by atoms with Gasteiger partial charge in [0.15, 0.2) is 0 Å². The molecule has 0 saturated carbocycles. The molecule has 0 saturated heterocycles. The summed E-state index contributed by atoms with van der Waals surface area (Å²) < 4.78 is 26.9. The Balaban J connectivity index is 1.97. The Morgan fingerprint density at radius 1 is 0.917 bits per heavy atom. The molecule has 24 heavy (non-hydrogen) atoms. The average molecular weight is 332 g/mol. The van der Waals surface area contributed by atoms with Crippen molar-refractivity contribution in [1.82, 2.24) is 0 Å². The molecule has 0 radical (unpaired) electrons. The number of halogens is 2. The molecule has 2 amide bonds. The molecule has 0 spiro atoms. The highest BCUT2D eigenvalue weighted by molar-refractivity contribution is 6.43. The van der Waals surface area contributed by atoms with E-state index in [1.807, 2.05) is 17.4 Å². The first kappa shape index (κ1) is 17.6. The van der Waals surface area contributed by atoms with Crippen LogP contribution in [0.2, 0.25) is 0 Å². The van der Waals surface area contributed by atoms with Crippen molar-refractivity contribution < 1.29 is 18.4 Å². The summed E-state index contributed by atoms with van der Waals surface area (Å²) in [5.74, 6) is -4.04. The molecule has 0 atom stereocenters. The van der Waals surface area contributed by atoms with Gasteiger partial charge in [0.1, 0.15) is 17.3 Å². The number of aryl methyl sites for hydroxylation is 1. The number of anilines is 2. The quantitative estimate of drug-likeness (QED) is 0.816. The second-order valence-corrected chi connectivity index (χ2v) is 5.31. The van der Waals surface area contributed by atoms with Crippen LogP contribution in [0.25, 0.3) is 0 Å². The lowest BCUT2D eigenvalue weighted by molar-refractivity contribution is -0.133. The minimum atomic E-state index is -1.14. The van der Waals surface area contributed by atoms with E-state index < -0.39 is 29.1 Å². The Morgan fingerprint density at radius 3 is 2.08 bits per heavy atom. The summed E-state index contributed by atoms with van der Waals surface area (Å²) in [6, 6.07) is 10.2. The third-order valence-corrected chi connectivity index (χ3v) is 3.44. The molecule has 2 rings (SSSR count). The fourth-order valence-corrected chi connectivity index (χ4v) is 2.11. The van der Waals surface area contributed by atoms with Crippen LogP contribution < -0.4 is 10.6 Å². The lowest BCUT2D eigenvalue weighted by atomic mass is 10.1. The van der Waals surface area contributed by atoms with Gasteiger partial charge in [0.2, 0.25) is 0 Å². The number of benzene rings is 2. The Labute approximate surface area is 138 Å². The number of unbranched alkanes of at least 4 members (excludes halogenated alkanes) is 1. The molecule has 2 aromatic carbocycles. The number of para-hydroxylation sites is 1. The van der Waals surface area contributed by atoms with Crippen molar-refractivity contribution in [2.45, 2.75) is 26.2 Å². The maximum Gasteiger partial charge on any atom is 0.314 e. The molecule has 0 aromatic heterocycles. The number of rotatable bonds is 5. The van der Waals surface area contributed by atoms with Crippen molar-refractivity contribution >= 4 is 23.2 Å². The maximum atomic E-state index is 13.5. The zero-order chi connectivity index (χ0) is 17.5. The summed E-state index contributed by atoms with van der Waals surface area (Å²) in [5, 5.41) is 4.33. The highest BCUT2D eigenvalue weighted by Crippen LogP contribution is 2.18. The number of amides is 2. The fourth-order valence-electron chi connectivity index (χ4n) is 2.11. The number of carbonyl (C=O) groups excluding carboxylic acids is 2. The molecule has 6 heteroatoms. The van der Waals surface area contributed by atoms with Gasteiger partial charge in [-0.3, -0.25) is 9.59 Å². The van der Waals surface area contributed by atoms with Gasteiger partial charge in [0, 0.05) is 5.69 Å². The van der Waals surface area contributed by atoms with Gasteiger partial charge in [-0.2, -0.15) is 0 Å². The third kappa shape index (κ3) is 4.62. The number of carbonyl (C=O) groups is 2. The predicted octanol–water partition coefficient (Wildman–Crippen LogP) is 3.88. The molecule has 0 unspecified atom stereocenters. The molecule has 2 aromatic rings. The summed E-state index contributed by atoms with van der Waals surface area (Å²) in [5.41, 5.74) is 0.921. The van der Waals surface area contributed by atoms with E-state index in [0.717, 1.165) is 37.0 Å². The van der Waals surface area contributed by atoms with Crippen LogP contribution >= 0.6 is 0 Å². The van der Waals surface area contributed by atoms with Gasteiger partial charge in [-0.15, -0.1) is 0 Å². The Kier molecular flexibility index (Phi) is 6.01.